The highest BCUT2D eigenvalue weighted by molar-refractivity contribution is 5.94. The van der Waals surface area contributed by atoms with Crippen molar-refractivity contribution in [3.8, 4) is 0 Å². The maximum Gasteiger partial charge on any atom is 0.293 e. The van der Waals surface area contributed by atoms with Gasteiger partial charge >= 0.3 is 0 Å². The Morgan fingerprint density at radius 3 is 2.86 bits per heavy atom. The van der Waals surface area contributed by atoms with Gasteiger partial charge in [-0.25, -0.2) is 0 Å². The molecule has 1 fully saturated rings. The molecule has 1 aliphatic rings. The smallest absolute Gasteiger partial charge is 0.293 e. The Balaban J connectivity index is 2.41. The topological polar surface area (TPSA) is 110 Å². The molecule has 1 aromatic rings. The lowest BCUT2D eigenvalue weighted by molar-refractivity contribution is -0.384. The average Bonchev–Trinajstić information content (AvgIpc) is 2.47. The molecule has 1 aliphatic heterocycles. The Morgan fingerprint density at radius 1 is 1.48 bits per heavy atom. The van der Waals surface area contributed by atoms with Crippen LogP contribution in [0.4, 0.5) is 11.4 Å². The third-order valence-electron chi connectivity index (χ3n) is 3.86. The number of carbonyl (C=O) groups is 1. The van der Waals surface area contributed by atoms with Gasteiger partial charge in [0.2, 0.25) is 5.91 Å². The second-order valence-electron chi connectivity index (χ2n) is 5.18. The van der Waals surface area contributed by atoms with E-state index in [1.807, 2.05) is 4.90 Å². The standard InChI is InChI=1S/C14H19N3O4/c15-14(19)10-4-5-12(13(9-10)17(20)21)16-7-2-1-3-11(16)6-8-18/h4-5,9,11,18H,1-3,6-8H2,(H2,15,19). The summed E-state index contributed by atoms with van der Waals surface area (Å²) in [6.45, 7) is 0.760. The van der Waals surface area contributed by atoms with Crippen molar-refractivity contribution in [1.82, 2.24) is 0 Å². The second kappa shape index (κ2) is 6.53. The molecule has 1 saturated heterocycles. The summed E-state index contributed by atoms with van der Waals surface area (Å²) in [7, 11) is 0. The van der Waals surface area contributed by atoms with Crippen LogP contribution in [0.3, 0.4) is 0 Å². The number of nitrogens with two attached hydrogens (primary N) is 1. The first-order valence-electron chi connectivity index (χ1n) is 7.00. The van der Waals surface area contributed by atoms with Gasteiger partial charge < -0.3 is 15.7 Å². The number of aliphatic hydroxyl groups excluding tert-OH is 1. The molecule has 0 saturated carbocycles. The largest absolute Gasteiger partial charge is 0.396 e. The van der Waals surface area contributed by atoms with Crippen molar-refractivity contribution in [3.63, 3.8) is 0 Å². The Labute approximate surface area is 122 Å². The fourth-order valence-corrected chi connectivity index (χ4v) is 2.83. The molecule has 2 rings (SSSR count). The highest BCUT2D eigenvalue weighted by Crippen LogP contribution is 2.34. The molecule has 3 N–H and O–H groups in total. The lowest BCUT2D eigenvalue weighted by Crippen LogP contribution is -2.40. The van der Waals surface area contributed by atoms with E-state index in [1.165, 1.54) is 12.1 Å². The zero-order valence-electron chi connectivity index (χ0n) is 11.7. The van der Waals surface area contributed by atoms with E-state index in [1.54, 1.807) is 6.07 Å². The molecule has 1 amide bonds. The predicted molar refractivity (Wildman–Crippen MR) is 78.3 cm³/mol. The lowest BCUT2D eigenvalue weighted by atomic mass is 9.98. The molecule has 21 heavy (non-hydrogen) atoms. The molecule has 0 radical (unpaired) electrons. The van der Waals surface area contributed by atoms with Crippen molar-refractivity contribution < 1.29 is 14.8 Å². The van der Waals surface area contributed by atoms with Crippen molar-refractivity contribution in [2.24, 2.45) is 5.73 Å². The molecule has 1 heterocycles. The van der Waals surface area contributed by atoms with Gasteiger partial charge in [0.25, 0.3) is 5.69 Å². The number of aliphatic hydroxyl groups is 1. The number of benzene rings is 1. The summed E-state index contributed by atoms with van der Waals surface area (Å²) < 4.78 is 0. The average molecular weight is 293 g/mol. The van der Waals surface area contributed by atoms with Gasteiger partial charge in [0.05, 0.1) is 4.92 Å². The molecule has 0 spiro atoms. The van der Waals surface area contributed by atoms with Crippen molar-refractivity contribution in [3.05, 3.63) is 33.9 Å². The molecule has 1 unspecified atom stereocenters. The number of nitro groups is 1. The van der Waals surface area contributed by atoms with Crippen LogP contribution in [0.2, 0.25) is 0 Å². The quantitative estimate of drug-likeness (QED) is 0.630. The van der Waals surface area contributed by atoms with E-state index in [4.69, 9.17) is 10.8 Å². The number of nitro benzene ring substituents is 1. The van der Waals surface area contributed by atoms with E-state index >= 15 is 0 Å². The maximum atomic E-state index is 11.3. The zero-order chi connectivity index (χ0) is 15.4. The third kappa shape index (κ3) is 3.30. The highest BCUT2D eigenvalue weighted by atomic mass is 16.6. The van der Waals surface area contributed by atoms with Gasteiger partial charge in [-0.2, -0.15) is 0 Å². The number of rotatable bonds is 5. The summed E-state index contributed by atoms with van der Waals surface area (Å²) in [5, 5.41) is 20.4. The highest BCUT2D eigenvalue weighted by Gasteiger charge is 2.28. The van der Waals surface area contributed by atoms with Crippen LogP contribution in [0, 0.1) is 10.1 Å². The van der Waals surface area contributed by atoms with Crippen LogP contribution in [-0.4, -0.2) is 35.1 Å². The number of anilines is 1. The van der Waals surface area contributed by atoms with Gasteiger partial charge in [0, 0.05) is 30.8 Å². The monoisotopic (exact) mass is 293 g/mol. The first-order chi connectivity index (χ1) is 10.0. The fraction of sp³-hybridized carbons (Fsp3) is 0.500. The number of primary amides is 1. The number of hydrogen-bond acceptors (Lipinski definition) is 5. The molecular formula is C14H19N3O4. The van der Waals surface area contributed by atoms with E-state index in [0.29, 0.717) is 18.7 Å². The number of hydrogen-bond donors (Lipinski definition) is 2. The molecule has 7 heteroatoms. The lowest BCUT2D eigenvalue weighted by Gasteiger charge is -2.37. The molecular weight excluding hydrogens is 274 g/mol. The van der Waals surface area contributed by atoms with Crippen LogP contribution in [0.5, 0.6) is 0 Å². The predicted octanol–water partition coefficient (Wildman–Crippen LogP) is 1.43. The Bertz CT molecular complexity index is 545. The minimum atomic E-state index is -0.685. The van der Waals surface area contributed by atoms with Gasteiger partial charge in [0.15, 0.2) is 0 Å². The van der Waals surface area contributed by atoms with Gasteiger partial charge in [-0.3, -0.25) is 14.9 Å². The fourth-order valence-electron chi connectivity index (χ4n) is 2.83. The Kier molecular flexibility index (Phi) is 4.74. The summed E-state index contributed by atoms with van der Waals surface area (Å²) in [4.78, 5) is 23.9. The normalized spacial score (nSPS) is 18.5. The molecule has 7 nitrogen and oxygen atoms in total. The van der Waals surface area contributed by atoms with Crippen LogP contribution in [0.15, 0.2) is 18.2 Å². The minimum absolute atomic E-state index is 0.0499. The van der Waals surface area contributed by atoms with Crippen LogP contribution in [0.1, 0.15) is 36.0 Å². The van der Waals surface area contributed by atoms with Crippen LogP contribution in [-0.2, 0) is 0 Å². The van der Waals surface area contributed by atoms with Gasteiger partial charge in [-0.1, -0.05) is 0 Å². The second-order valence-corrected chi connectivity index (χ2v) is 5.18. The number of amides is 1. The van der Waals surface area contributed by atoms with Gasteiger partial charge in [0.1, 0.15) is 5.69 Å². The Hall–Kier alpha value is -2.15. The van der Waals surface area contributed by atoms with Gasteiger partial charge in [-0.15, -0.1) is 0 Å². The van der Waals surface area contributed by atoms with E-state index in [9.17, 15) is 14.9 Å². The molecule has 0 aliphatic carbocycles. The van der Waals surface area contributed by atoms with E-state index < -0.39 is 10.8 Å². The summed E-state index contributed by atoms with van der Waals surface area (Å²) in [5.74, 6) is -0.685. The van der Waals surface area contributed by atoms with Crippen molar-refractivity contribution >= 4 is 17.3 Å². The maximum absolute atomic E-state index is 11.3. The summed E-state index contributed by atoms with van der Waals surface area (Å²) in [6.07, 6.45) is 3.48. The van der Waals surface area contributed by atoms with Crippen LogP contribution < -0.4 is 10.6 Å². The summed E-state index contributed by atoms with van der Waals surface area (Å²) in [6, 6.07) is 4.40. The van der Waals surface area contributed by atoms with Crippen LogP contribution >= 0.6 is 0 Å². The first kappa shape index (κ1) is 15.2. The SMILES string of the molecule is NC(=O)c1ccc(N2CCCCC2CCO)c([N+](=O)[O-])c1. The molecule has 114 valence electrons. The third-order valence-corrected chi connectivity index (χ3v) is 3.86. The zero-order valence-corrected chi connectivity index (χ0v) is 11.7. The van der Waals surface area contributed by atoms with Crippen molar-refractivity contribution in [1.29, 1.82) is 0 Å². The summed E-state index contributed by atoms with van der Waals surface area (Å²) in [5.41, 5.74) is 5.68. The molecule has 0 aromatic heterocycles. The summed E-state index contributed by atoms with van der Waals surface area (Å²) >= 11 is 0. The number of carbonyl (C=O) groups excluding carboxylic acids is 1. The van der Waals surface area contributed by atoms with E-state index in [0.717, 1.165) is 19.3 Å². The Morgan fingerprint density at radius 2 is 2.24 bits per heavy atom. The molecule has 1 aromatic carbocycles. The molecule has 1 atom stereocenters. The first-order valence-corrected chi connectivity index (χ1v) is 7.00. The molecule has 0 bridgehead atoms. The minimum Gasteiger partial charge on any atom is -0.396 e. The number of piperidine rings is 1. The van der Waals surface area contributed by atoms with Crippen molar-refractivity contribution in [2.75, 3.05) is 18.1 Å². The van der Waals surface area contributed by atoms with E-state index in [2.05, 4.69) is 0 Å². The van der Waals surface area contributed by atoms with Crippen molar-refractivity contribution in [2.45, 2.75) is 31.7 Å². The van der Waals surface area contributed by atoms with Gasteiger partial charge in [-0.05, 0) is 37.8 Å². The van der Waals surface area contributed by atoms with E-state index in [-0.39, 0.29) is 23.9 Å². The number of nitrogens with zero attached hydrogens (tertiary/aromatic N) is 2. The van der Waals surface area contributed by atoms with Crippen LogP contribution in [0.25, 0.3) is 0 Å².